The Balaban J connectivity index is 2.02. The van der Waals surface area contributed by atoms with Gasteiger partial charge in [0, 0.05) is 23.9 Å². The monoisotopic (exact) mass is 294 g/mol. The van der Waals surface area contributed by atoms with Gasteiger partial charge < -0.3 is 4.57 Å². The van der Waals surface area contributed by atoms with Gasteiger partial charge in [-0.3, -0.25) is 0 Å². The fourth-order valence-corrected chi connectivity index (χ4v) is 2.54. The fraction of sp³-hybridized carbons (Fsp3) is 0.211. The van der Waals surface area contributed by atoms with E-state index < -0.39 is 0 Å². The van der Waals surface area contributed by atoms with Gasteiger partial charge in [0.05, 0.1) is 5.69 Å². The highest BCUT2D eigenvalue weighted by Gasteiger charge is 2.10. The summed E-state index contributed by atoms with van der Waals surface area (Å²) in [5.41, 5.74) is 4.23. The molecule has 0 radical (unpaired) electrons. The van der Waals surface area contributed by atoms with Crippen molar-refractivity contribution >= 4 is 0 Å². The molecule has 1 heterocycles. The van der Waals surface area contributed by atoms with Gasteiger partial charge in [-0.05, 0) is 48.4 Å². The molecule has 0 aliphatic rings. The third-order valence-electron chi connectivity index (χ3n) is 3.86. The lowest BCUT2D eigenvalue weighted by atomic mass is 10.1. The predicted octanol–water partition coefficient (Wildman–Crippen LogP) is 4.80. The Morgan fingerprint density at radius 2 is 1.59 bits per heavy atom. The summed E-state index contributed by atoms with van der Waals surface area (Å²) in [6.07, 6.45) is 3.90. The van der Waals surface area contributed by atoms with Gasteiger partial charge in [-0.2, -0.15) is 0 Å². The van der Waals surface area contributed by atoms with Gasteiger partial charge in [-0.15, -0.1) is 0 Å². The maximum absolute atomic E-state index is 13.1. The summed E-state index contributed by atoms with van der Waals surface area (Å²) < 4.78 is 15.2. The number of nitrogens with zero attached hydrogens (tertiary/aromatic N) is 2. The van der Waals surface area contributed by atoms with Crippen molar-refractivity contribution in [1.82, 2.24) is 9.55 Å². The molecule has 1 aromatic heterocycles. The Labute approximate surface area is 130 Å². The number of hydrogen-bond acceptors (Lipinski definition) is 1. The Morgan fingerprint density at radius 1 is 0.909 bits per heavy atom. The van der Waals surface area contributed by atoms with E-state index >= 15 is 0 Å². The number of aromatic nitrogens is 2. The normalized spacial score (nSPS) is 10.9. The average Bonchev–Trinajstić information content (AvgIpc) is 3.00. The zero-order valence-electron chi connectivity index (χ0n) is 12.9. The van der Waals surface area contributed by atoms with Crippen LogP contribution in [0.25, 0.3) is 16.9 Å². The number of aryl methyl sites for hydroxylation is 2. The molecule has 0 saturated heterocycles. The van der Waals surface area contributed by atoms with Crippen molar-refractivity contribution in [1.29, 1.82) is 0 Å². The molecule has 0 amide bonds. The van der Waals surface area contributed by atoms with Crippen LogP contribution in [-0.4, -0.2) is 9.55 Å². The zero-order chi connectivity index (χ0) is 15.5. The molecule has 3 rings (SSSR count). The number of imidazole rings is 1. The van der Waals surface area contributed by atoms with Crippen LogP contribution in [0.5, 0.6) is 0 Å². The molecular formula is C19H19FN2. The number of hydrogen-bond donors (Lipinski definition) is 0. The van der Waals surface area contributed by atoms with Crippen LogP contribution in [0.2, 0.25) is 0 Å². The standard InChI is InChI=1S/C19H19FN2/c1-3-14-5-11-17(12-6-14)22-13-18(21-19(22)4-2)15-7-9-16(20)10-8-15/h5-13H,3-4H2,1-2H3. The highest BCUT2D eigenvalue weighted by Crippen LogP contribution is 2.22. The van der Waals surface area contributed by atoms with E-state index in [1.54, 1.807) is 12.1 Å². The van der Waals surface area contributed by atoms with Crippen molar-refractivity contribution in [3.8, 4) is 16.9 Å². The SMILES string of the molecule is CCc1ccc(-n2cc(-c3ccc(F)cc3)nc2CC)cc1. The minimum Gasteiger partial charge on any atom is -0.303 e. The summed E-state index contributed by atoms with van der Waals surface area (Å²) in [5, 5.41) is 0. The van der Waals surface area contributed by atoms with Crippen LogP contribution in [0.15, 0.2) is 54.7 Å². The van der Waals surface area contributed by atoms with Crippen molar-refractivity contribution in [3.05, 3.63) is 71.9 Å². The number of halogens is 1. The molecule has 3 aromatic rings. The van der Waals surface area contributed by atoms with Gasteiger partial charge in [0.25, 0.3) is 0 Å². The average molecular weight is 294 g/mol. The van der Waals surface area contributed by atoms with Gasteiger partial charge in [0.1, 0.15) is 11.6 Å². The van der Waals surface area contributed by atoms with E-state index in [0.29, 0.717) is 0 Å². The summed E-state index contributed by atoms with van der Waals surface area (Å²) in [5.74, 6) is 0.776. The topological polar surface area (TPSA) is 17.8 Å². The second-order valence-electron chi connectivity index (χ2n) is 5.29. The smallest absolute Gasteiger partial charge is 0.123 e. The molecule has 0 saturated carbocycles. The lowest BCUT2D eigenvalue weighted by Gasteiger charge is -2.06. The largest absolute Gasteiger partial charge is 0.303 e. The minimum absolute atomic E-state index is 0.228. The maximum atomic E-state index is 13.1. The van der Waals surface area contributed by atoms with Gasteiger partial charge in [0.15, 0.2) is 0 Å². The van der Waals surface area contributed by atoms with Crippen LogP contribution < -0.4 is 0 Å². The van der Waals surface area contributed by atoms with E-state index in [9.17, 15) is 4.39 Å². The first kappa shape index (κ1) is 14.5. The van der Waals surface area contributed by atoms with E-state index in [0.717, 1.165) is 35.6 Å². The molecule has 3 heteroatoms. The molecule has 0 atom stereocenters. The summed E-state index contributed by atoms with van der Waals surface area (Å²) in [6.45, 7) is 4.24. The van der Waals surface area contributed by atoms with Gasteiger partial charge in [-0.1, -0.05) is 26.0 Å². The van der Waals surface area contributed by atoms with Gasteiger partial charge in [-0.25, -0.2) is 9.37 Å². The van der Waals surface area contributed by atoms with Crippen LogP contribution in [0.4, 0.5) is 4.39 Å². The van der Waals surface area contributed by atoms with E-state index in [2.05, 4.69) is 47.7 Å². The molecule has 0 spiro atoms. The molecule has 2 nitrogen and oxygen atoms in total. The highest BCUT2D eigenvalue weighted by molar-refractivity contribution is 5.59. The molecular weight excluding hydrogens is 275 g/mol. The van der Waals surface area contributed by atoms with Crippen LogP contribution in [0.1, 0.15) is 25.2 Å². The predicted molar refractivity (Wildman–Crippen MR) is 87.7 cm³/mol. The molecule has 22 heavy (non-hydrogen) atoms. The van der Waals surface area contributed by atoms with E-state index in [1.165, 1.54) is 17.7 Å². The van der Waals surface area contributed by atoms with Crippen molar-refractivity contribution in [3.63, 3.8) is 0 Å². The summed E-state index contributed by atoms with van der Waals surface area (Å²) in [7, 11) is 0. The lowest BCUT2D eigenvalue weighted by molar-refractivity contribution is 0.628. The third kappa shape index (κ3) is 2.80. The Morgan fingerprint density at radius 3 is 2.18 bits per heavy atom. The van der Waals surface area contributed by atoms with Crippen LogP contribution >= 0.6 is 0 Å². The maximum Gasteiger partial charge on any atom is 0.123 e. The Bertz CT molecular complexity index is 755. The van der Waals surface area contributed by atoms with E-state index in [1.807, 2.05) is 6.20 Å². The first-order chi connectivity index (χ1) is 10.7. The summed E-state index contributed by atoms with van der Waals surface area (Å²) >= 11 is 0. The first-order valence-electron chi connectivity index (χ1n) is 7.64. The second kappa shape index (κ2) is 6.14. The van der Waals surface area contributed by atoms with Crippen molar-refractivity contribution in [2.24, 2.45) is 0 Å². The van der Waals surface area contributed by atoms with Crippen molar-refractivity contribution < 1.29 is 4.39 Å². The van der Waals surface area contributed by atoms with Crippen LogP contribution in [0.3, 0.4) is 0 Å². The number of rotatable bonds is 4. The Kier molecular flexibility index (Phi) is 4.05. The number of benzene rings is 2. The Hall–Kier alpha value is -2.42. The van der Waals surface area contributed by atoms with Crippen LogP contribution in [0, 0.1) is 5.82 Å². The van der Waals surface area contributed by atoms with E-state index in [-0.39, 0.29) is 5.82 Å². The molecule has 0 bridgehead atoms. The molecule has 0 fully saturated rings. The highest BCUT2D eigenvalue weighted by atomic mass is 19.1. The second-order valence-corrected chi connectivity index (χ2v) is 5.29. The van der Waals surface area contributed by atoms with Gasteiger partial charge in [0.2, 0.25) is 0 Å². The summed E-state index contributed by atoms with van der Waals surface area (Å²) in [4.78, 5) is 4.69. The van der Waals surface area contributed by atoms with Crippen molar-refractivity contribution in [2.45, 2.75) is 26.7 Å². The lowest BCUT2D eigenvalue weighted by Crippen LogP contribution is -1.98. The first-order valence-corrected chi connectivity index (χ1v) is 7.64. The van der Waals surface area contributed by atoms with E-state index in [4.69, 9.17) is 0 Å². The molecule has 0 unspecified atom stereocenters. The minimum atomic E-state index is -0.228. The third-order valence-corrected chi connectivity index (χ3v) is 3.86. The van der Waals surface area contributed by atoms with Crippen LogP contribution in [-0.2, 0) is 12.8 Å². The fourth-order valence-electron chi connectivity index (χ4n) is 2.54. The molecule has 0 N–H and O–H groups in total. The molecule has 0 aliphatic carbocycles. The molecule has 112 valence electrons. The molecule has 0 aliphatic heterocycles. The summed E-state index contributed by atoms with van der Waals surface area (Å²) in [6, 6.07) is 15.0. The zero-order valence-corrected chi connectivity index (χ0v) is 12.9. The quantitative estimate of drug-likeness (QED) is 0.675. The molecule has 2 aromatic carbocycles. The van der Waals surface area contributed by atoms with Gasteiger partial charge >= 0.3 is 0 Å². The van der Waals surface area contributed by atoms with Crippen molar-refractivity contribution in [2.75, 3.05) is 0 Å².